The van der Waals surface area contributed by atoms with Gasteiger partial charge in [0.1, 0.15) is 11.6 Å². The van der Waals surface area contributed by atoms with Crippen LogP contribution in [-0.2, 0) is 24.6 Å². The predicted octanol–water partition coefficient (Wildman–Crippen LogP) is 8.18. The normalized spacial score (nSPS) is 26.4. The van der Waals surface area contributed by atoms with Crippen molar-refractivity contribution in [1.82, 2.24) is 5.01 Å². The van der Waals surface area contributed by atoms with Gasteiger partial charge in [0.05, 0.1) is 34.5 Å². The number of rotatable bonds is 5. The Bertz CT molecular complexity index is 2400. The minimum Gasteiger partial charge on any atom is -0.508 e. The summed E-state index contributed by atoms with van der Waals surface area (Å²) in [7, 11) is 0. The molecule has 0 aromatic heterocycles. The Labute approximate surface area is 313 Å². The number of hydrogen-bond acceptors (Lipinski definition) is 6. The SMILES string of the molecule is O=C1[C@@H]2C[C@@H]3C(=CC[C@@H]4C(=O)N(c5ccc(Cl)cc5)C(=O)[C@@H]43)[C@H](c3c(O)ccc4ccccc34)[C@]2(c2ccc(Cl)cc2)C(=O)N1Nc1ccc(F)cc1. The zero-order valence-corrected chi connectivity index (χ0v) is 29.4. The van der Waals surface area contributed by atoms with Crippen LogP contribution in [0.5, 0.6) is 5.75 Å². The van der Waals surface area contributed by atoms with Gasteiger partial charge in [-0.1, -0.05) is 77.3 Å². The fraction of sp³-hybridized carbons (Fsp3) is 0.190. The molecule has 2 aliphatic heterocycles. The highest BCUT2D eigenvalue weighted by Crippen LogP contribution is 2.65. The monoisotopic (exact) mass is 745 g/mol. The van der Waals surface area contributed by atoms with E-state index >= 15 is 4.79 Å². The summed E-state index contributed by atoms with van der Waals surface area (Å²) in [5, 5.41) is 15.3. The average molecular weight is 747 g/mol. The van der Waals surface area contributed by atoms with Gasteiger partial charge in [-0.15, -0.1) is 0 Å². The molecule has 5 aromatic rings. The summed E-state index contributed by atoms with van der Waals surface area (Å²) in [4.78, 5) is 60.1. The maximum absolute atomic E-state index is 15.4. The molecule has 8 nitrogen and oxygen atoms in total. The van der Waals surface area contributed by atoms with E-state index < -0.39 is 58.5 Å². The van der Waals surface area contributed by atoms with Crippen LogP contribution in [0.2, 0.25) is 10.0 Å². The van der Waals surface area contributed by atoms with E-state index in [0.29, 0.717) is 43.5 Å². The van der Waals surface area contributed by atoms with Crippen molar-refractivity contribution in [3.05, 3.63) is 148 Å². The van der Waals surface area contributed by atoms with Gasteiger partial charge in [-0.2, -0.15) is 5.01 Å². The number of aromatic hydroxyl groups is 1. The summed E-state index contributed by atoms with van der Waals surface area (Å²) in [5.41, 5.74) is 3.68. The fourth-order valence-corrected chi connectivity index (χ4v) is 9.65. The molecule has 11 heteroatoms. The summed E-state index contributed by atoms with van der Waals surface area (Å²) >= 11 is 12.5. The summed E-state index contributed by atoms with van der Waals surface area (Å²) in [6, 6.07) is 29.5. The topological polar surface area (TPSA) is 107 Å². The smallest absolute Gasteiger partial charge is 0.260 e. The third kappa shape index (κ3) is 4.87. The fourth-order valence-electron chi connectivity index (χ4n) is 9.40. The third-order valence-corrected chi connectivity index (χ3v) is 12.1. The molecule has 2 heterocycles. The lowest BCUT2D eigenvalue weighted by Crippen LogP contribution is -2.53. The van der Waals surface area contributed by atoms with E-state index in [1.54, 1.807) is 60.7 Å². The van der Waals surface area contributed by atoms with Crippen LogP contribution in [0.25, 0.3) is 10.8 Å². The molecule has 6 atom stereocenters. The van der Waals surface area contributed by atoms with Crippen LogP contribution in [0.15, 0.2) is 121 Å². The highest BCUT2D eigenvalue weighted by Gasteiger charge is 2.71. The molecule has 0 unspecified atom stereocenters. The van der Waals surface area contributed by atoms with Crippen molar-refractivity contribution in [2.24, 2.45) is 23.7 Å². The van der Waals surface area contributed by atoms with Crippen molar-refractivity contribution in [2.45, 2.75) is 24.2 Å². The minimum absolute atomic E-state index is 0.0668. The van der Waals surface area contributed by atoms with Gasteiger partial charge in [0.15, 0.2) is 0 Å². The molecule has 0 radical (unpaired) electrons. The lowest BCUT2D eigenvalue weighted by Gasteiger charge is -2.51. The Morgan fingerprint density at radius 1 is 0.755 bits per heavy atom. The summed E-state index contributed by atoms with van der Waals surface area (Å²) in [6.07, 6.45) is 2.22. The second-order valence-corrected chi connectivity index (χ2v) is 15.0. The number of fused-ring (bicyclic) bond motifs is 5. The first-order valence-corrected chi connectivity index (χ1v) is 18.1. The van der Waals surface area contributed by atoms with Crippen molar-refractivity contribution in [3.63, 3.8) is 0 Å². The number of imide groups is 2. The quantitative estimate of drug-likeness (QED) is 0.139. The molecule has 2 N–H and O–H groups in total. The first-order chi connectivity index (χ1) is 25.6. The van der Waals surface area contributed by atoms with Gasteiger partial charge in [-0.25, -0.2) is 4.39 Å². The molecule has 264 valence electrons. The number of phenols is 1. The molecule has 0 bridgehead atoms. The molecule has 53 heavy (non-hydrogen) atoms. The lowest BCUT2D eigenvalue weighted by molar-refractivity contribution is -0.138. The molecule has 0 spiro atoms. The van der Waals surface area contributed by atoms with Crippen molar-refractivity contribution >= 4 is 69.0 Å². The number of halogens is 3. The van der Waals surface area contributed by atoms with E-state index in [4.69, 9.17) is 23.2 Å². The maximum atomic E-state index is 15.4. The van der Waals surface area contributed by atoms with E-state index in [-0.39, 0.29) is 24.5 Å². The molecule has 5 aromatic carbocycles. The van der Waals surface area contributed by atoms with Crippen molar-refractivity contribution < 1.29 is 28.7 Å². The zero-order chi connectivity index (χ0) is 36.8. The average Bonchev–Trinajstić information content (AvgIpc) is 3.54. The molecule has 4 aliphatic rings. The molecule has 3 fully saturated rings. The Morgan fingerprint density at radius 3 is 2.15 bits per heavy atom. The van der Waals surface area contributed by atoms with Gasteiger partial charge in [-0.05, 0) is 102 Å². The van der Waals surface area contributed by atoms with Gasteiger partial charge in [0.25, 0.3) is 11.8 Å². The first-order valence-electron chi connectivity index (χ1n) is 17.3. The van der Waals surface area contributed by atoms with Crippen LogP contribution in [0.3, 0.4) is 0 Å². The van der Waals surface area contributed by atoms with Crippen LogP contribution >= 0.6 is 23.2 Å². The second-order valence-electron chi connectivity index (χ2n) is 14.1. The minimum atomic E-state index is -1.63. The molecular weight excluding hydrogens is 716 g/mol. The van der Waals surface area contributed by atoms with Crippen LogP contribution in [0.1, 0.15) is 29.9 Å². The summed E-state index contributed by atoms with van der Waals surface area (Å²) in [5.74, 6) is -6.60. The van der Waals surface area contributed by atoms with Crippen LogP contribution in [0, 0.1) is 29.5 Å². The number of benzene rings is 5. The third-order valence-electron chi connectivity index (χ3n) is 11.6. The Hall–Kier alpha value is -5.51. The number of carbonyl (C=O) groups excluding carboxylic acids is 4. The number of carbonyl (C=O) groups is 4. The van der Waals surface area contributed by atoms with Crippen molar-refractivity contribution in [2.75, 3.05) is 10.3 Å². The van der Waals surface area contributed by atoms with Crippen LogP contribution in [-0.4, -0.2) is 33.7 Å². The van der Waals surface area contributed by atoms with Crippen LogP contribution in [0.4, 0.5) is 15.8 Å². The number of nitrogens with zero attached hydrogens (tertiary/aromatic N) is 2. The maximum Gasteiger partial charge on any atom is 0.260 e. The van der Waals surface area contributed by atoms with E-state index in [2.05, 4.69) is 5.43 Å². The number of hydrogen-bond donors (Lipinski definition) is 2. The summed E-state index contributed by atoms with van der Waals surface area (Å²) < 4.78 is 13.9. The number of allylic oxidation sites excluding steroid dienone is 2. The van der Waals surface area contributed by atoms with Gasteiger partial charge >= 0.3 is 0 Å². The van der Waals surface area contributed by atoms with Gasteiger partial charge in [0.2, 0.25) is 11.8 Å². The van der Waals surface area contributed by atoms with Gasteiger partial charge < -0.3 is 5.11 Å². The second kappa shape index (κ2) is 12.3. The van der Waals surface area contributed by atoms with E-state index in [9.17, 15) is 23.9 Å². The highest BCUT2D eigenvalue weighted by molar-refractivity contribution is 6.31. The number of anilines is 2. The molecule has 1 saturated carbocycles. The Morgan fingerprint density at radius 2 is 1.43 bits per heavy atom. The van der Waals surface area contributed by atoms with Gasteiger partial charge in [-0.3, -0.25) is 29.5 Å². The van der Waals surface area contributed by atoms with Crippen molar-refractivity contribution in [1.29, 1.82) is 0 Å². The molecular formula is C42H30Cl2FN3O5. The molecule has 4 amide bonds. The first kappa shape index (κ1) is 33.3. The van der Waals surface area contributed by atoms with E-state index in [1.807, 2.05) is 30.3 Å². The summed E-state index contributed by atoms with van der Waals surface area (Å²) in [6.45, 7) is 0. The van der Waals surface area contributed by atoms with Gasteiger partial charge in [0, 0.05) is 21.5 Å². The van der Waals surface area contributed by atoms with E-state index in [1.165, 1.54) is 29.2 Å². The number of amides is 4. The van der Waals surface area contributed by atoms with Crippen LogP contribution < -0.4 is 10.3 Å². The number of phenolic OH excluding ortho intramolecular Hbond substituents is 1. The predicted molar refractivity (Wildman–Crippen MR) is 199 cm³/mol. The number of hydrazine groups is 1. The molecule has 2 saturated heterocycles. The highest BCUT2D eigenvalue weighted by atomic mass is 35.5. The Kier molecular flexibility index (Phi) is 7.73. The molecule has 9 rings (SSSR count). The largest absolute Gasteiger partial charge is 0.508 e. The zero-order valence-electron chi connectivity index (χ0n) is 27.9. The van der Waals surface area contributed by atoms with E-state index in [0.717, 1.165) is 10.4 Å². The standard InChI is InChI=1S/C42H30Cl2FN3O5/c43-24-8-6-23(7-9-24)42-33(39(51)48(41(42)53)46-27-14-12-26(45)13-15-27)21-32-30(37(42)36-29-4-2-1-3-22(29)5-20-34(36)49)18-19-31-35(32)40(52)47(38(31)50)28-16-10-25(44)11-17-28/h1-18,20,31-33,35,37,46,49H,19,21H2/t31-,32+,33-,35-,37+,42+/m0/s1. The Balaban J connectivity index is 1.29. The lowest BCUT2D eigenvalue weighted by atomic mass is 9.48. The molecule has 2 aliphatic carbocycles. The van der Waals surface area contributed by atoms with Crippen molar-refractivity contribution in [3.8, 4) is 5.75 Å². The number of nitrogens with one attached hydrogen (secondary N) is 1.